The number of nitrogens with zero attached hydrogens (tertiary/aromatic N) is 4. The molecule has 0 radical (unpaired) electrons. The van der Waals surface area contributed by atoms with E-state index in [-0.39, 0.29) is 25.3 Å². The first kappa shape index (κ1) is 26.0. The number of aliphatic imine (C=N–C) groups is 1. The Morgan fingerprint density at radius 3 is 2.70 bits per heavy atom. The highest BCUT2D eigenvalue weighted by Crippen LogP contribution is 2.36. The van der Waals surface area contributed by atoms with E-state index in [4.69, 9.17) is 16.6 Å². The summed E-state index contributed by atoms with van der Waals surface area (Å²) in [4.78, 5) is 34.1. The second kappa shape index (κ2) is 10.7. The lowest BCUT2D eigenvalue weighted by Crippen LogP contribution is -2.31. The van der Waals surface area contributed by atoms with Gasteiger partial charge in [-0.3, -0.25) is 19.1 Å². The fourth-order valence-electron chi connectivity index (χ4n) is 4.90. The molecule has 1 atom stereocenters. The molecule has 9 nitrogen and oxygen atoms in total. The van der Waals surface area contributed by atoms with Crippen molar-refractivity contribution in [3.05, 3.63) is 99.0 Å². The molecule has 3 N–H and O–H groups in total. The zero-order chi connectivity index (χ0) is 27.8. The number of benzene rings is 2. The highest BCUT2D eigenvalue weighted by atomic mass is 35.5. The molecule has 6 rings (SSSR count). The van der Waals surface area contributed by atoms with Crippen LogP contribution in [0.2, 0.25) is 5.02 Å². The van der Waals surface area contributed by atoms with Gasteiger partial charge in [0, 0.05) is 38.4 Å². The number of carbonyl (C=O) groups is 2. The van der Waals surface area contributed by atoms with Gasteiger partial charge in [-0.15, -0.1) is 21.5 Å². The molecule has 3 aromatic heterocycles. The zero-order valence-corrected chi connectivity index (χ0v) is 23.1. The van der Waals surface area contributed by atoms with Crippen LogP contribution in [0.1, 0.15) is 63.9 Å². The molecule has 0 saturated heterocycles. The Morgan fingerprint density at radius 1 is 1.12 bits per heavy atom. The van der Waals surface area contributed by atoms with Crippen molar-refractivity contribution in [2.75, 3.05) is 0 Å². The standard InChI is InChI=1S/C29H25ClN6O3S/c1-2-17-14-19-26(18-8-4-5-9-20(18)30)31-15-24-34-35-27(36(24)29(19)40-17)22(11-12-25(37)38)33-28(39)23-13-16-7-3-6-10-21(16)32-23/h3-10,13-14,22,32H,2,11-12,15H2,1H3,(H,33,39)(H,37,38)/t22-/m1/s1. The number of hydrogen-bond acceptors (Lipinski definition) is 6. The SMILES string of the molecule is CCc1cc2c(s1)-n1c(nnc1[C@@H](CCC(=O)O)NC(=O)c1cc3ccccc3[nH]1)CN=C2c1ccccc1Cl. The van der Waals surface area contributed by atoms with Crippen LogP contribution < -0.4 is 5.32 Å². The van der Waals surface area contributed by atoms with Gasteiger partial charge in [0.15, 0.2) is 11.6 Å². The van der Waals surface area contributed by atoms with E-state index in [0.717, 1.165) is 44.0 Å². The molecule has 0 spiro atoms. The van der Waals surface area contributed by atoms with E-state index in [1.54, 1.807) is 17.4 Å². The van der Waals surface area contributed by atoms with E-state index < -0.39 is 12.0 Å². The highest BCUT2D eigenvalue weighted by molar-refractivity contribution is 7.15. The molecule has 0 aliphatic carbocycles. The molecule has 1 aliphatic rings. The Labute approximate surface area is 238 Å². The highest BCUT2D eigenvalue weighted by Gasteiger charge is 2.30. The van der Waals surface area contributed by atoms with Gasteiger partial charge in [0.25, 0.3) is 5.91 Å². The molecule has 4 heterocycles. The normalized spacial score (nSPS) is 13.3. The summed E-state index contributed by atoms with van der Waals surface area (Å²) in [6.45, 7) is 2.33. The smallest absolute Gasteiger partial charge is 0.303 e. The molecule has 0 fully saturated rings. The number of hydrogen-bond donors (Lipinski definition) is 3. The number of carbonyl (C=O) groups excluding carboxylic acids is 1. The van der Waals surface area contributed by atoms with Crippen LogP contribution >= 0.6 is 22.9 Å². The molecule has 0 bridgehead atoms. The quantitative estimate of drug-likeness (QED) is 0.219. The molecule has 1 aliphatic heterocycles. The van der Waals surface area contributed by atoms with Crippen molar-refractivity contribution in [1.29, 1.82) is 0 Å². The molecular formula is C29H25ClN6O3S. The number of carboxylic acids is 1. The van der Waals surface area contributed by atoms with Crippen molar-refractivity contribution in [3.63, 3.8) is 0 Å². The summed E-state index contributed by atoms with van der Waals surface area (Å²) in [5.41, 5.74) is 3.70. The first-order chi connectivity index (χ1) is 19.4. The maximum atomic E-state index is 13.4. The second-order valence-electron chi connectivity index (χ2n) is 9.47. The monoisotopic (exact) mass is 572 g/mol. The molecule has 202 valence electrons. The molecule has 0 saturated carbocycles. The van der Waals surface area contributed by atoms with Crippen molar-refractivity contribution < 1.29 is 14.7 Å². The molecular weight excluding hydrogens is 548 g/mol. The van der Waals surface area contributed by atoms with Gasteiger partial charge in [0.1, 0.15) is 17.2 Å². The van der Waals surface area contributed by atoms with Crippen LogP contribution in [0.15, 0.2) is 65.7 Å². The third kappa shape index (κ3) is 4.80. The van der Waals surface area contributed by atoms with Crippen LogP contribution in [-0.2, 0) is 17.8 Å². The van der Waals surface area contributed by atoms with E-state index in [2.05, 4.69) is 33.5 Å². The minimum atomic E-state index is -0.963. The summed E-state index contributed by atoms with van der Waals surface area (Å²) in [5, 5.41) is 23.8. The largest absolute Gasteiger partial charge is 0.481 e. The summed E-state index contributed by atoms with van der Waals surface area (Å²) in [5.74, 6) is -0.258. The lowest BCUT2D eigenvalue weighted by Gasteiger charge is -2.19. The predicted octanol–water partition coefficient (Wildman–Crippen LogP) is 5.71. The number of aliphatic carboxylic acids is 1. The van der Waals surface area contributed by atoms with Gasteiger partial charge in [0.2, 0.25) is 0 Å². The first-order valence-electron chi connectivity index (χ1n) is 12.9. The minimum Gasteiger partial charge on any atom is -0.481 e. The van der Waals surface area contributed by atoms with E-state index in [1.165, 1.54) is 0 Å². The van der Waals surface area contributed by atoms with Gasteiger partial charge in [-0.25, -0.2) is 0 Å². The van der Waals surface area contributed by atoms with Crippen LogP contribution in [0.5, 0.6) is 0 Å². The number of H-pyrrole nitrogens is 1. The number of nitrogens with one attached hydrogen (secondary N) is 2. The third-order valence-electron chi connectivity index (χ3n) is 6.87. The molecule has 40 heavy (non-hydrogen) atoms. The van der Waals surface area contributed by atoms with Crippen molar-refractivity contribution in [2.24, 2.45) is 4.99 Å². The predicted molar refractivity (Wildman–Crippen MR) is 155 cm³/mol. The van der Waals surface area contributed by atoms with Gasteiger partial charge in [-0.2, -0.15) is 0 Å². The van der Waals surface area contributed by atoms with E-state index in [1.807, 2.05) is 53.1 Å². The van der Waals surface area contributed by atoms with Crippen LogP contribution in [-0.4, -0.2) is 42.4 Å². The van der Waals surface area contributed by atoms with Crippen molar-refractivity contribution in [1.82, 2.24) is 25.1 Å². The summed E-state index contributed by atoms with van der Waals surface area (Å²) in [6, 6.07) is 18.4. The summed E-state index contributed by atoms with van der Waals surface area (Å²) in [7, 11) is 0. The Bertz CT molecular complexity index is 1750. The number of para-hydroxylation sites is 1. The summed E-state index contributed by atoms with van der Waals surface area (Å²) < 4.78 is 1.92. The number of thiophene rings is 1. The Morgan fingerprint density at radius 2 is 1.93 bits per heavy atom. The molecule has 0 unspecified atom stereocenters. The van der Waals surface area contributed by atoms with Gasteiger partial charge in [-0.1, -0.05) is 54.9 Å². The molecule has 1 amide bonds. The van der Waals surface area contributed by atoms with Crippen LogP contribution in [0, 0.1) is 0 Å². The van der Waals surface area contributed by atoms with Gasteiger partial charge < -0.3 is 15.4 Å². The maximum Gasteiger partial charge on any atom is 0.303 e. The van der Waals surface area contributed by atoms with E-state index >= 15 is 0 Å². The fourth-order valence-corrected chi connectivity index (χ4v) is 6.26. The number of halogens is 1. The average molecular weight is 573 g/mol. The zero-order valence-electron chi connectivity index (χ0n) is 21.5. The Kier molecular flexibility index (Phi) is 6.95. The maximum absolute atomic E-state index is 13.4. The van der Waals surface area contributed by atoms with Crippen LogP contribution in [0.3, 0.4) is 0 Å². The number of carboxylic acid groups (broad SMARTS) is 1. The average Bonchev–Trinajstić information content (AvgIpc) is 3.66. The van der Waals surface area contributed by atoms with Crippen LogP contribution in [0.25, 0.3) is 15.9 Å². The summed E-state index contributed by atoms with van der Waals surface area (Å²) >= 11 is 8.18. The molecule has 2 aromatic carbocycles. The van der Waals surface area contributed by atoms with Crippen molar-refractivity contribution in [3.8, 4) is 5.00 Å². The van der Waals surface area contributed by atoms with Crippen molar-refractivity contribution >= 4 is 51.4 Å². The third-order valence-corrected chi connectivity index (χ3v) is 8.47. The van der Waals surface area contributed by atoms with E-state index in [0.29, 0.717) is 22.4 Å². The fraction of sp³-hybridized carbons (Fsp3) is 0.207. The lowest BCUT2D eigenvalue weighted by atomic mass is 10.0. The topological polar surface area (TPSA) is 125 Å². The van der Waals surface area contributed by atoms with Gasteiger partial charge in [0.05, 0.1) is 11.8 Å². The Hall–Kier alpha value is -4.28. The first-order valence-corrected chi connectivity index (χ1v) is 14.1. The number of fused-ring (bicyclic) bond motifs is 4. The van der Waals surface area contributed by atoms with Gasteiger partial charge in [-0.05, 0) is 37.1 Å². The number of aromatic amines is 1. The number of rotatable bonds is 8. The second-order valence-corrected chi connectivity index (χ2v) is 11.0. The van der Waals surface area contributed by atoms with Gasteiger partial charge >= 0.3 is 5.97 Å². The lowest BCUT2D eigenvalue weighted by molar-refractivity contribution is -0.137. The minimum absolute atomic E-state index is 0.138. The summed E-state index contributed by atoms with van der Waals surface area (Å²) in [6.07, 6.45) is 0.803. The molecule has 11 heteroatoms. The number of amides is 1. The van der Waals surface area contributed by atoms with Crippen LogP contribution in [0.4, 0.5) is 0 Å². The van der Waals surface area contributed by atoms with E-state index in [9.17, 15) is 14.7 Å². The molecule has 5 aromatic rings. The Balaban J connectivity index is 1.42. The number of aromatic nitrogens is 4. The number of aryl methyl sites for hydroxylation is 1. The van der Waals surface area contributed by atoms with Crippen molar-refractivity contribution in [2.45, 2.75) is 38.8 Å².